The Hall–Kier alpha value is -1.23. The monoisotopic (exact) mass is 231 g/mol. The van der Waals surface area contributed by atoms with Crippen LogP contribution in [-0.4, -0.2) is 36.1 Å². The van der Waals surface area contributed by atoms with Crippen molar-refractivity contribution in [2.75, 3.05) is 26.2 Å². The molecule has 90 valence electrons. The summed E-state index contributed by atoms with van der Waals surface area (Å²) >= 11 is 0. The maximum absolute atomic E-state index is 5.47. The van der Waals surface area contributed by atoms with Crippen molar-refractivity contribution in [1.82, 2.24) is 15.4 Å². The Morgan fingerprint density at radius 2 is 2.65 bits per heavy atom. The summed E-state index contributed by atoms with van der Waals surface area (Å²) in [4.78, 5) is 12.1. The van der Waals surface area contributed by atoms with Crippen molar-refractivity contribution in [3.8, 4) is 0 Å². The largest absolute Gasteiger partial charge is 0.300 e. The van der Waals surface area contributed by atoms with Crippen LogP contribution in [0.15, 0.2) is 37.2 Å². The molecule has 0 aromatic carbocycles. The molecule has 1 N–H and O–H groups in total. The SMILES string of the molecule is C=CCN1CC2CONC2(c2cccnc2)C1. The van der Waals surface area contributed by atoms with Crippen molar-refractivity contribution in [2.24, 2.45) is 5.92 Å². The van der Waals surface area contributed by atoms with E-state index in [1.54, 1.807) is 6.20 Å². The van der Waals surface area contributed by atoms with Crippen LogP contribution in [0.2, 0.25) is 0 Å². The lowest BCUT2D eigenvalue weighted by Gasteiger charge is -2.27. The highest BCUT2D eigenvalue weighted by Gasteiger charge is 2.51. The minimum Gasteiger partial charge on any atom is -0.300 e. The zero-order valence-electron chi connectivity index (χ0n) is 9.80. The lowest BCUT2D eigenvalue weighted by Crippen LogP contribution is -2.43. The molecule has 0 amide bonds. The van der Waals surface area contributed by atoms with Crippen molar-refractivity contribution in [3.05, 3.63) is 42.7 Å². The minimum absolute atomic E-state index is 0.0860. The fourth-order valence-corrected chi connectivity index (χ4v) is 2.93. The van der Waals surface area contributed by atoms with Crippen LogP contribution in [0.25, 0.3) is 0 Å². The van der Waals surface area contributed by atoms with Gasteiger partial charge in [-0.05, 0) is 11.6 Å². The summed E-state index contributed by atoms with van der Waals surface area (Å²) in [6.07, 6.45) is 5.70. The van der Waals surface area contributed by atoms with E-state index in [1.165, 1.54) is 5.56 Å². The highest BCUT2D eigenvalue weighted by atomic mass is 16.7. The van der Waals surface area contributed by atoms with E-state index in [1.807, 2.05) is 18.3 Å². The van der Waals surface area contributed by atoms with Gasteiger partial charge >= 0.3 is 0 Å². The molecule has 2 aliphatic heterocycles. The average molecular weight is 231 g/mol. The number of hydrogen-bond donors (Lipinski definition) is 1. The van der Waals surface area contributed by atoms with Crippen LogP contribution in [-0.2, 0) is 10.4 Å². The second-order valence-corrected chi connectivity index (χ2v) is 4.81. The van der Waals surface area contributed by atoms with Crippen molar-refractivity contribution in [2.45, 2.75) is 5.54 Å². The molecule has 4 heteroatoms. The Balaban J connectivity index is 1.91. The molecule has 2 unspecified atom stereocenters. The van der Waals surface area contributed by atoms with Gasteiger partial charge in [0.15, 0.2) is 0 Å². The van der Waals surface area contributed by atoms with Crippen LogP contribution in [0.4, 0.5) is 0 Å². The molecule has 1 aromatic heterocycles. The predicted octanol–water partition coefficient (Wildman–Crippen LogP) is 0.929. The molecule has 0 aliphatic carbocycles. The van der Waals surface area contributed by atoms with Gasteiger partial charge in [-0.1, -0.05) is 12.1 Å². The van der Waals surface area contributed by atoms with Gasteiger partial charge in [0, 0.05) is 37.9 Å². The molecule has 0 radical (unpaired) electrons. The van der Waals surface area contributed by atoms with Gasteiger partial charge in [-0.3, -0.25) is 9.88 Å². The molecule has 3 rings (SSSR count). The van der Waals surface area contributed by atoms with Crippen LogP contribution >= 0.6 is 0 Å². The molecular weight excluding hydrogens is 214 g/mol. The Bertz CT molecular complexity index is 408. The van der Waals surface area contributed by atoms with Gasteiger partial charge in [0.2, 0.25) is 0 Å². The van der Waals surface area contributed by atoms with E-state index in [2.05, 4.69) is 28.0 Å². The van der Waals surface area contributed by atoms with Gasteiger partial charge in [-0.2, -0.15) is 5.48 Å². The lowest BCUT2D eigenvalue weighted by molar-refractivity contribution is 0.0488. The molecule has 2 aliphatic rings. The van der Waals surface area contributed by atoms with Crippen LogP contribution in [0, 0.1) is 5.92 Å². The van der Waals surface area contributed by atoms with Crippen LogP contribution in [0.1, 0.15) is 5.56 Å². The number of rotatable bonds is 3. The Morgan fingerprint density at radius 3 is 3.41 bits per heavy atom. The smallest absolute Gasteiger partial charge is 0.0885 e. The summed E-state index contributed by atoms with van der Waals surface area (Å²) < 4.78 is 0. The summed E-state index contributed by atoms with van der Waals surface area (Å²) in [6, 6.07) is 4.11. The topological polar surface area (TPSA) is 37.4 Å². The van der Waals surface area contributed by atoms with E-state index in [0.717, 1.165) is 26.2 Å². The molecule has 0 bridgehead atoms. The van der Waals surface area contributed by atoms with Gasteiger partial charge in [0.1, 0.15) is 0 Å². The third-order valence-corrected chi connectivity index (χ3v) is 3.75. The molecule has 2 saturated heterocycles. The summed E-state index contributed by atoms with van der Waals surface area (Å²) in [5.74, 6) is 0.492. The van der Waals surface area contributed by atoms with E-state index in [0.29, 0.717) is 5.92 Å². The van der Waals surface area contributed by atoms with Gasteiger partial charge < -0.3 is 4.84 Å². The molecular formula is C13H17N3O. The fourth-order valence-electron chi connectivity index (χ4n) is 2.93. The molecule has 17 heavy (non-hydrogen) atoms. The van der Waals surface area contributed by atoms with Gasteiger partial charge in [0.25, 0.3) is 0 Å². The summed E-state index contributed by atoms with van der Waals surface area (Å²) in [7, 11) is 0. The normalized spacial score (nSPS) is 32.6. The summed E-state index contributed by atoms with van der Waals surface area (Å²) in [5.41, 5.74) is 4.35. The van der Waals surface area contributed by atoms with Gasteiger partial charge in [-0.15, -0.1) is 6.58 Å². The van der Waals surface area contributed by atoms with E-state index < -0.39 is 0 Å². The van der Waals surface area contributed by atoms with Crippen LogP contribution in [0.3, 0.4) is 0 Å². The maximum Gasteiger partial charge on any atom is 0.0885 e. The molecule has 2 fully saturated rings. The maximum atomic E-state index is 5.47. The second-order valence-electron chi connectivity index (χ2n) is 4.81. The first kappa shape index (κ1) is 10.9. The number of hydrogen-bond acceptors (Lipinski definition) is 4. The van der Waals surface area contributed by atoms with Crippen molar-refractivity contribution in [3.63, 3.8) is 0 Å². The van der Waals surface area contributed by atoms with E-state index in [-0.39, 0.29) is 5.54 Å². The zero-order valence-corrected chi connectivity index (χ0v) is 9.80. The summed E-state index contributed by atoms with van der Waals surface area (Å²) in [6.45, 7) is 7.51. The molecule has 1 aromatic rings. The molecule has 3 heterocycles. The van der Waals surface area contributed by atoms with E-state index in [4.69, 9.17) is 4.84 Å². The molecule has 0 saturated carbocycles. The average Bonchev–Trinajstić information content (AvgIpc) is 2.88. The van der Waals surface area contributed by atoms with Gasteiger partial charge in [0.05, 0.1) is 12.1 Å². The quantitative estimate of drug-likeness (QED) is 0.785. The molecule has 2 atom stereocenters. The summed E-state index contributed by atoms with van der Waals surface area (Å²) in [5, 5.41) is 0. The predicted molar refractivity (Wildman–Crippen MR) is 65.1 cm³/mol. The first-order valence-electron chi connectivity index (χ1n) is 5.98. The standard InChI is InChI=1S/C13H17N3O/c1-2-6-16-8-12-9-17-15-13(12,10-16)11-4-3-5-14-7-11/h2-5,7,12,15H,1,6,8-10H2. The highest BCUT2D eigenvalue weighted by molar-refractivity contribution is 5.26. The van der Waals surface area contributed by atoms with E-state index >= 15 is 0 Å². The third kappa shape index (κ3) is 1.69. The van der Waals surface area contributed by atoms with Crippen molar-refractivity contribution >= 4 is 0 Å². The Kier molecular flexibility index (Phi) is 2.70. The minimum atomic E-state index is -0.0860. The van der Waals surface area contributed by atoms with Gasteiger partial charge in [-0.25, -0.2) is 0 Å². The number of fused-ring (bicyclic) bond motifs is 1. The number of nitrogens with zero attached hydrogens (tertiary/aromatic N) is 2. The third-order valence-electron chi connectivity index (χ3n) is 3.75. The molecule has 4 nitrogen and oxygen atoms in total. The number of aromatic nitrogens is 1. The number of pyridine rings is 1. The first-order valence-corrected chi connectivity index (χ1v) is 5.98. The number of hydroxylamine groups is 1. The van der Waals surface area contributed by atoms with Crippen LogP contribution in [0.5, 0.6) is 0 Å². The Labute approximate surface area is 101 Å². The van der Waals surface area contributed by atoms with E-state index in [9.17, 15) is 0 Å². The highest BCUT2D eigenvalue weighted by Crippen LogP contribution is 2.40. The Morgan fingerprint density at radius 1 is 1.71 bits per heavy atom. The lowest BCUT2D eigenvalue weighted by atomic mass is 9.83. The molecule has 0 spiro atoms. The van der Waals surface area contributed by atoms with Crippen molar-refractivity contribution in [1.29, 1.82) is 0 Å². The number of nitrogens with one attached hydrogen (secondary N) is 1. The zero-order chi connectivity index (χ0) is 11.7. The van der Waals surface area contributed by atoms with Crippen molar-refractivity contribution < 1.29 is 4.84 Å². The number of likely N-dealkylation sites (tertiary alicyclic amines) is 1. The fraction of sp³-hybridized carbons (Fsp3) is 0.462. The first-order chi connectivity index (χ1) is 8.35. The van der Waals surface area contributed by atoms with Crippen LogP contribution < -0.4 is 5.48 Å². The second kappa shape index (κ2) is 4.22.